The standard InChI is InChI=1S/C15H22N4O2/c1-4-12(16-8-7-15-17-10-18-19-15)11-5-6-13(20-2)14(9-11)21-3/h5-6,9-10,12,16H,4,7-8H2,1-3H3,(H,17,18,19). The molecule has 0 saturated heterocycles. The second-order valence-corrected chi connectivity index (χ2v) is 4.71. The van der Waals surface area contributed by atoms with E-state index < -0.39 is 0 Å². The van der Waals surface area contributed by atoms with Crippen LogP contribution in [0.25, 0.3) is 0 Å². The molecular weight excluding hydrogens is 268 g/mol. The van der Waals surface area contributed by atoms with Crippen molar-refractivity contribution in [1.29, 1.82) is 0 Å². The average molecular weight is 290 g/mol. The van der Waals surface area contributed by atoms with E-state index in [0.29, 0.717) is 0 Å². The molecule has 1 unspecified atom stereocenters. The van der Waals surface area contributed by atoms with Gasteiger partial charge in [0.05, 0.1) is 14.2 Å². The van der Waals surface area contributed by atoms with Gasteiger partial charge in [0, 0.05) is 19.0 Å². The molecule has 0 amide bonds. The molecule has 1 aromatic carbocycles. The number of ether oxygens (including phenoxy) is 2. The minimum atomic E-state index is 0.271. The van der Waals surface area contributed by atoms with Crippen molar-refractivity contribution in [2.45, 2.75) is 25.8 Å². The van der Waals surface area contributed by atoms with E-state index in [2.05, 4.69) is 33.5 Å². The predicted octanol–water partition coefficient (Wildman–Crippen LogP) is 2.11. The van der Waals surface area contributed by atoms with E-state index in [1.54, 1.807) is 14.2 Å². The predicted molar refractivity (Wildman–Crippen MR) is 80.7 cm³/mol. The molecule has 1 aromatic heterocycles. The number of benzene rings is 1. The van der Waals surface area contributed by atoms with Crippen LogP contribution in [0.3, 0.4) is 0 Å². The molecule has 0 aliphatic rings. The Hall–Kier alpha value is -2.08. The van der Waals surface area contributed by atoms with Crippen molar-refractivity contribution < 1.29 is 9.47 Å². The summed E-state index contributed by atoms with van der Waals surface area (Å²) in [7, 11) is 3.30. The molecule has 0 aliphatic carbocycles. The fourth-order valence-corrected chi connectivity index (χ4v) is 2.28. The lowest BCUT2D eigenvalue weighted by Crippen LogP contribution is -2.23. The number of nitrogens with zero attached hydrogens (tertiary/aromatic N) is 2. The molecule has 2 rings (SSSR count). The highest BCUT2D eigenvalue weighted by Gasteiger charge is 2.12. The fraction of sp³-hybridized carbons (Fsp3) is 0.467. The average Bonchev–Trinajstić information content (AvgIpc) is 3.04. The molecule has 0 radical (unpaired) electrons. The van der Waals surface area contributed by atoms with Gasteiger partial charge in [-0.1, -0.05) is 13.0 Å². The zero-order valence-corrected chi connectivity index (χ0v) is 12.7. The Labute approximate surface area is 124 Å². The summed E-state index contributed by atoms with van der Waals surface area (Å²) in [6, 6.07) is 6.30. The van der Waals surface area contributed by atoms with E-state index in [4.69, 9.17) is 9.47 Å². The molecular formula is C15H22N4O2. The summed E-state index contributed by atoms with van der Waals surface area (Å²) in [6.07, 6.45) is 3.34. The summed E-state index contributed by atoms with van der Waals surface area (Å²) in [5, 5.41) is 10.2. The molecule has 1 heterocycles. The van der Waals surface area contributed by atoms with Gasteiger partial charge in [0.2, 0.25) is 0 Å². The van der Waals surface area contributed by atoms with Crippen molar-refractivity contribution >= 4 is 0 Å². The lowest BCUT2D eigenvalue weighted by atomic mass is 10.0. The highest BCUT2D eigenvalue weighted by atomic mass is 16.5. The highest BCUT2D eigenvalue weighted by Crippen LogP contribution is 2.30. The maximum absolute atomic E-state index is 5.36. The van der Waals surface area contributed by atoms with E-state index in [9.17, 15) is 0 Å². The number of hydrogen-bond donors (Lipinski definition) is 2. The van der Waals surface area contributed by atoms with Crippen molar-refractivity contribution in [3.8, 4) is 11.5 Å². The quantitative estimate of drug-likeness (QED) is 0.779. The summed E-state index contributed by atoms with van der Waals surface area (Å²) >= 11 is 0. The van der Waals surface area contributed by atoms with Gasteiger partial charge in [-0.15, -0.1) is 0 Å². The molecule has 0 aliphatic heterocycles. The van der Waals surface area contributed by atoms with Gasteiger partial charge in [0.1, 0.15) is 12.2 Å². The van der Waals surface area contributed by atoms with Gasteiger partial charge in [-0.2, -0.15) is 5.10 Å². The number of aromatic nitrogens is 3. The third-order valence-corrected chi connectivity index (χ3v) is 3.44. The number of rotatable bonds is 8. The van der Waals surface area contributed by atoms with Gasteiger partial charge in [0.25, 0.3) is 0 Å². The number of nitrogens with one attached hydrogen (secondary N) is 2. The molecule has 2 N–H and O–H groups in total. The van der Waals surface area contributed by atoms with Crippen LogP contribution in [0.4, 0.5) is 0 Å². The molecule has 2 aromatic rings. The molecule has 0 fully saturated rings. The van der Waals surface area contributed by atoms with Crippen LogP contribution >= 0.6 is 0 Å². The van der Waals surface area contributed by atoms with Gasteiger partial charge < -0.3 is 14.8 Å². The van der Waals surface area contributed by atoms with Crippen LogP contribution in [0.1, 0.15) is 30.8 Å². The van der Waals surface area contributed by atoms with E-state index in [1.807, 2.05) is 12.1 Å². The number of H-pyrrole nitrogens is 1. The molecule has 0 spiro atoms. The minimum absolute atomic E-state index is 0.271. The van der Waals surface area contributed by atoms with Gasteiger partial charge in [0.15, 0.2) is 11.5 Å². The van der Waals surface area contributed by atoms with E-state index in [0.717, 1.165) is 36.7 Å². The number of hydrogen-bond acceptors (Lipinski definition) is 5. The lowest BCUT2D eigenvalue weighted by Gasteiger charge is -2.19. The largest absolute Gasteiger partial charge is 0.493 e. The summed E-state index contributed by atoms with van der Waals surface area (Å²) in [6.45, 7) is 2.99. The monoisotopic (exact) mass is 290 g/mol. The second-order valence-electron chi connectivity index (χ2n) is 4.71. The van der Waals surface area contributed by atoms with E-state index >= 15 is 0 Å². The summed E-state index contributed by atoms with van der Waals surface area (Å²) in [5.74, 6) is 2.40. The lowest BCUT2D eigenvalue weighted by molar-refractivity contribution is 0.353. The van der Waals surface area contributed by atoms with Crippen LogP contribution in [0, 0.1) is 0 Å². The van der Waals surface area contributed by atoms with Crippen molar-refractivity contribution in [3.63, 3.8) is 0 Å². The third kappa shape index (κ3) is 3.95. The molecule has 6 heteroatoms. The third-order valence-electron chi connectivity index (χ3n) is 3.44. The topological polar surface area (TPSA) is 72.1 Å². The van der Waals surface area contributed by atoms with Crippen LogP contribution in [0.15, 0.2) is 24.5 Å². The molecule has 0 saturated carbocycles. The summed E-state index contributed by atoms with van der Waals surface area (Å²) in [5.41, 5.74) is 1.19. The highest BCUT2D eigenvalue weighted by molar-refractivity contribution is 5.43. The van der Waals surface area contributed by atoms with Crippen molar-refractivity contribution in [2.75, 3.05) is 20.8 Å². The van der Waals surface area contributed by atoms with Crippen LogP contribution < -0.4 is 14.8 Å². The fourth-order valence-electron chi connectivity index (χ4n) is 2.28. The summed E-state index contributed by atoms with van der Waals surface area (Å²) in [4.78, 5) is 4.12. The van der Waals surface area contributed by atoms with Crippen LogP contribution in [0.5, 0.6) is 11.5 Å². The second kappa shape index (κ2) is 7.64. The van der Waals surface area contributed by atoms with Crippen LogP contribution in [-0.2, 0) is 6.42 Å². The zero-order valence-electron chi connectivity index (χ0n) is 12.7. The maximum atomic E-state index is 5.36. The minimum Gasteiger partial charge on any atom is -0.493 e. The van der Waals surface area contributed by atoms with Gasteiger partial charge >= 0.3 is 0 Å². The van der Waals surface area contributed by atoms with Crippen molar-refractivity contribution in [1.82, 2.24) is 20.5 Å². The first-order valence-corrected chi connectivity index (χ1v) is 7.08. The number of methoxy groups -OCH3 is 2. The smallest absolute Gasteiger partial charge is 0.161 e. The Bertz CT molecular complexity index is 543. The summed E-state index contributed by atoms with van der Waals surface area (Å²) < 4.78 is 10.6. The Balaban J connectivity index is 1.99. The van der Waals surface area contributed by atoms with Crippen molar-refractivity contribution in [3.05, 3.63) is 35.9 Å². The molecule has 0 bridgehead atoms. The van der Waals surface area contributed by atoms with E-state index in [-0.39, 0.29) is 6.04 Å². The van der Waals surface area contributed by atoms with Gasteiger partial charge in [-0.05, 0) is 24.1 Å². The normalized spacial score (nSPS) is 12.1. The SMILES string of the molecule is CCC(NCCc1ncn[nH]1)c1ccc(OC)c(OC)c1. The zero-order chi connectivity index (χ0) is 15.1. The van der Waals surface area contributed by atoms with E-state index in [1.165, 1.54) is 11.9 Å². The Morgan fingerprint density at radius 3 is 2.67 bits per heavy atom. The van der Waals surface area contributed by atoms with Crippen molar-refractivity contribution in [2.24, 2.45) is 0 Å². The molecule has 21 heavy (non-hydrogen) atoms. The number of aromatic amines is 1. The van der Waals surface area contributed by atoms with Gasteiger partial charge in [-0.25, -0.2) is 4.98 Å². The molecule has 114 valence electrons. The van der Waals surface area contributed by atoms with Crippen LogP contribution in [0.2, 0.25) is 0 Å². The first kappa shape index (κ1) is 15.3. The first-order chi connectivity index (χ1) is 10.3. The maximum Gasteiger partial charge on any atom is 0.161 e. The van der Waals surface area contributed by atoms with Gasteiger partial charge in [-0.3, -0.25) is 5.10 Å². The Kier molecular flexibility index (Phi) is 5.57. The Morgan fingerprint density at radius 1 is 1.24 bits per heavy atom. The van der Waals surface area contributed by atoms with Crippen LogP contribution in [-0.4, -0.2) is 35.9 Å². The Morgan fingerprint density at radius 2 is 2.05 bits per heavy atom. The first-order valence-electron chi connectivity index (χ1n) is 7.08. The molecule has 1 atom stereocenters. The molecule has 6 nitrogen and oxygen atoms in total.